The average Bonchev–Trinajstić information content (AvgIpc) is 3.15. The number of anilines is 2. The van der Waals surface area contributed by atoms with Crippen molar-refractivity contribution in [3.05, 3.63) is 24.5 Å². The average molecular weight is 398 g/mol. The summed E-state index contributed by atoms with van der Waals surface area (Å²) in [5, 5.41) is 11.1. The van der Waals surface area contributed by atoms with Crippen molar-refractivity contribution in [2.24, 2.45) is 7.05 Å². The number of aromatic nitrogens is 5. The number of benzene rings is 1. The van der Waals surface area contributed by atoms with Gasteiger partial charge in [-0.1, -0.05) is 11.3 Å². The van der Waals surface area contributed by atoms with Gasteiger partial charge >= 0.3 is 6.03 Å². The maximum Gasteiger partial charge on any atom is 0.322 e. The normalized spacial score (nSPS) is 14.2. The van der Waals surface area contributed by atoms with E-state index in [-0.39, 0.29) is 6.03 Å². The van der Waals surface area contributed by atoms with Gasteiger partial charge in [0.2, 0.25) is 0 Å². The van der Waals surface area contributed by atoms with E-state index in [0.717, 1.165) is 5.82 Å². The van der Waals surface area contributed by atoms with E-state index in [0.29, 0.717) is 54.5 Å². The fourth-order valence-electron chi connectivity index (χ4n) is 3.35. The Labute approximate surface area is 167 Å². The Morgan fingerprint density at radius 1 is 1.07 bits per heavy atom. The Kier molecular flexibility index (Phi) is 5.02. The van der Waals surface area contributed by atoms with Crippen molar-refractivity contribution >= 4 is 28.7 Å². The first-order valence-electron chi connectivity index (χ1n) is 9.14. The zero-order chi connectivity index (χ0) is 20.4. The van der Waals surface area contributed by atoms with E-state index in [1.165, 1.54) is 6.33 Å². The number of methoxy groups -OCH3 is 2. The summed E-state index contributed by atoms with van der Waals surface area (Å²) in [6.45, 7) is 2.32. The van der Waals surface area contributed by atoms with Crippen LogP contribution in [0.2, 0.25) is 0 Å². The highest BCUT2D eigenvalue weighted by atomic mass is 16.5. The molecule has 2 amide bonds. The van der Waals surface area contributed by atoms with Gasteiger partial charge in [-0.15, -0.1) is 5.10 Å². The molecule has 1 aromatic carbocycles. The number of fused-ring (bicyclic) bond motifs is 1. The molecule has 11 nitrogen and oxygen atoms in total. The molecule has 29 heavy (non-hydrogen) atoms. The predicted octanol–water partition coefficient (Wildman–Crippen LogP) is 1.13. The summed E-state index contributed by atoms with van der Waals surface area (Å²) < 4.78 is 12.3. The van der Waals surface area contributed by atoms with Crippen molar-refractivity contribution < 1.29 is 14.3 Å². The minimum Gasteiger partial charge on any atom is -0.494 e. The number of amides is 2. The van der Waals surface area contributed by atoms with Crippen LogP contribution in [0.1, 0.15) is 0 Å². The lowest BCUT2D eigenvalue weighted by Crippen LogP contribution is -2.50. The number of nitrogens with zero attached hydrogens (tertiary/aromatic N) is 7. The minimum absolute atomic E-state index is 0.209. The lowest BCUT2D eigenvalue weighted by atomic mass is 10.2. The van der Waals surface area contributed by atoms with Gasteiger partial charge in [-0.2, -0.15) is 0 Å². The van der Waals surface area contributed by atoms with Crippen molar-refractivity contribution in [1.82, 2.24) is 29.9 Å². The molecule has 3 aromatic rings. The van der Waals surface area contributed by atoms with E-state index >= 15 is 0 Å². The molecule has 0 bridgehead atoms. The summed E-state index contributed by atoms with van der Waals surface area (Å²) in [4.78, 5) is 25.2. The number of nitrogens with one attached hydrogen (secondary N) is 1. The topological polar surface area (TPSA) is 111 Å². The zero-order valence-corrected chi connectivity index (χ0v) is 16.5. The van der Waals surface area contributed by atoms with Crippen molar-refractivity contribution in [2.45, 2.75) is 0 Å². The van der Waals surface area contributed by atoms with Crippen LogP contribution in [0.25, 0.3) is 11.2 Å². The third-order valence-electron chi connectivity index (χ3n) is 4.90. The number of aryl methyl sites for hydroxylation is 1. The van der Waals surface area contributed by atoms with Crippen molar-refractivity contribution in [1.29, 1.82) is 0 Å². The second-order valence-corrected chi connectivity index (χ2v) is 6.52. The van der Waals surface area contributed by atoms with Crippen molar-refractivity contribution in [3.8, 4) is 11.5 Å². The first kappa shape index (κ1) is 18.7. The third-order valence-corrected chi connectivity index (χ3v) is 4.90. The molecule has 1 fully saturated rings. The summed E-state index contributed by atoms with van der Waals surface area (Å²) >= 11 is 0. The van der Waals surface area contributed by atoms with Crippen LogP contribution in [-0.4, -0.2) is 76.3 Å². The lowest BCUT2D eigenvalue weighted by Gasteiger charge is -2.35. The minimum atomic E-state index is -0.209. The maximum absolute atomic E-state index is 12.8. The highest BCUT2D eigenvalue weighted by Gasteiger charge is 2.25. The van der Waals surface area contributed by atoms with E-state index in [9.17, 15) is 4.79 Å². The van der Waals surface area contributed by atoms with Crippen LogP contribution in [-0.2, 0) is 7.05 Å². The Balaban J connectivity index is 1.45. The molecule has 4 rings (SSSR count). The van der Waals surface area contributed by atoms with E-state index in [4.69, 9.17) is 9.47 Å². The molecule has 0 unspecified atom stereocenters. The molecule has 1 saturated heterocycles. The summed E-state index contributed by atoms with van der Waals surface area (Å²) in [5.74, 6) is 1.82. The van der Waals surface area contributed by atoms with Crippen molar-refractivity contribution in [3.63, 3.8) is 0 Å². The number of piperazine rings is 1. The molecular weight excluding hydrogens is 376 g/mol. The molecule has 0 atom stereocenters. The van der Waals surface area contributed by atoms with E-state index in [2.05, 4.69) is 30.5 Å². The van der Waals surface area contributed by atoms with Crippen LogP contribution in [0.5, 0.6) is 11.5 Å². The van der Waals surface area contributed by atoms with E-state index in [1.807, 2.05) is 0 Å². The van der Waals surface area contributed by atoms with Gasteiger partial charge in [-0.3, -0.25) is 0 Å². The van der Waals surface area contributed by atoms with Crippen LogP contribution in [0.3, 0.4) is 0 Å². The van der Waals surface area contributed by atoms with Crippen LogP contribution in [0.4, 0.5) is 16.3 Å². The fourth-order valence-corrected chi connectivity index (χ4v) is 3.35. The molecule has 0 saturated carbocycles. The highest BCUT2D eigenvalue weighted by molar-refractivity contribution is 5.93. The molecule has 1 N–H and O–H groups in total. The van der Waals surface area contributed by atoms with E-state index in [1.54, 1.807) is 49.0 Å². The van der Waals surface area contributed by atoms with Gasteiger partial charge in [0.25, 0.3) is 0 Å². The van der Waals surface area contributed by atoms with Gasteiger partial charge < -0.3 is 24.6 Å². The molecule has 1 aliphatic heterocycles. The number of urea groups is 1. The predicted molar refractivity (Wildman–Crippen MR) is 106 cm³/mol. The lowest BCUT2D eigenvalue weighted by molar-refractivity contribution is 0.208. The Morgan fingerprint density at radius 3 is 2.41 bits per heavy atom. The second kappa shape index (κ2) is 7.78. The molecule has 3 heterocycles. The van der Waals surface area contributed by atoms with Gasteiger partial charge in [0, 0.05) is 33.2 Å². The van der Waals surface area contributed by atoms with Gasteiger partial charge in [0.15, 0.2) is 17.0 Å². The summed E-state index contributed by atoms with van der Waals surface area (Å²) in [6, 6.07) is 5.15. The Bertz CT molecular complexity index is 1010. The zero-order valence-electron chi connectivity index (χ0n) is 16.5. The maximum atomic E-state index is 12.8. The molecule has 0 spiro atoms. The number of carbonyl (C=O) groups excluding carboxylic acids is 1. The quantitative estimate of drug-likeness (QED) is 0.696. The largest absolute Gasteiger partial charge is 0.494 e. The number of rotatable bonds is 4. The fraction of sp³-hybridized carbons (Fsp3) is 0.389. The molecular formula is C18H22N8O3. The molecule has 2 aromatic heterocycles. The van der Waals surface area contributed by atoms with Gasteiger partial charge in [0.05, 0.1) is 14.2 Å². The van der Waals surface area contributed by atoms with Gasteiger partial charge in [0.1, 0.15) is 23.5 Å². The first-order chi connectivity index (χ1) is 14.1. The third kappa shape index (κ3) is 3.46. The van der Waals surface area contributed by atoms with Gasteiger partial charge in [-0.05, 0) is 12.1 Å². The number of para-hydroxylation sites is 1. The summed E-state index contributed by atoms with van der Waals surface area (Å²) in [7, 11) is 4.90. The Hall–Kier alpha value is -3.63. The number of hydrogen-bond donors (Lipinski definition) is 1. The van der Waals surface area contributed by atoms with Crippen LogP contribution >= 0.6 is 0 Å². The van der Waals surface area contributed by atoms with E-state index < -0.39 is 0 Å². The van der Waals surface area contributed by atoms with Crippen LogP contribution in [0.15, 0.2) is 24.5 Å². The van der Waals surface area contributed by atoms with Crippen molar-refractivity contribution in [2.75, 3.05) is 50.6 Å². The number of carbonyl (C=O) groups is 1. The second-order valence-electron chi connectivity index (χ2n) is 6.52. The number of hydrogen-bond acceptors (Lipinski definition) is 8. The molecule has 1 aliphatic rings. The van der Waals surface area contributed by atoms with Crippen LogP contribution < -0.4 is 19.7 Å². The SMILES string of the molecule is COc1cccc(OC)c1NC(=O)N1CCN(c2ncnc3c2nnn3C)CC1. The molecule has 11 heteroatoms. The number of ether oxygens (including phenoxy) is 2. The first-order valence-corrected chi connectivity index (χ1v) is 9.14. The smallest absolute Gasteiger partial charge is 0.322 e. The Morgan fingerprint density at radius 2 is 1.76 bits per heavy atom. The molecule has 152 valence electrons. The molecule has 0 aliphatic carbocycles. The summed E-state index contributed by atoms with van der Waals surface area (Å²) in [6.07, 6.45) is 1.51. The molecule has 0 radical (unpaired) electrons. The van der Waals surface area contributed by atoms with Crippen LogP contribution in [0, 0.1) is 0 Å². The van der Waals surface area contributed by atoms with Gasteiger partial charge in [-0.25, -0.2) is 19.4 Å². The summed E-state index contributed by atoms with van der Waals surface area (Å²) in [5.41, 5.74) is 1.85. The standard InChI is InChI=1S/C18H22N8O3/c1-24-16-15(22-23-24)17(20-11-19-16)25-7-9-26(10-8-25)18(27)21-14-12(28-2)5-4-6-13(14)29-3/h4-6,11H,7-10H2,1-3H3,(H,21,27). The monoisotopic (exact) mass is 398 g/mol. The highest BCUT2D eigenvalue weighted by Crippen LogP contribution is 2.34.